The van der Waals surface area contributed by atoms with Gasteiger partial charge < -0.3 is 10.4 Å². The second kappa shape index (κ2) is 8.91. The highest BCUT2D eigenvalue weighted by Gasteiger charge is 2.26. The van der Waals surface area contributed by atoms with Crippen molar-refractivity contribution >= 4 is 5.91 Å². The van der Waals surface area contributed by atoms with Crippen LogP contribution in [-0.4, -0.2) is 48.2 Å². The monoisotopic (exact) mass is 304 g/mol. The molecule has 4 nitrogen and oxygen atoms in total. The van der Waals surface area contributed by atoms with Crippen LogP contribution in [0.1, 0.15) is 31.7 Å². The first-order valence-electron chi connectivity index (χ1n) is 8.37. The van der Waals surface area contributed by atoms with Gasteiger partial charge in [0.1, 0.15) is 0 Å². The number of nitrogens with zero attached hydrogens (tertiary/aromatic N) is 1. The molecular weight excluding hydrogens is 276 g/mol. The number of rotatable bonds is 7. The number of hydrogen-bond donors (Lipinski definition) is 2. The molecule has 22 heavy (non-hydrogen) atoms. The van der Waals surface area contributed by atoms with Crippen LogP contribution in [0.5, 0.6) is 0 Å². The van der Waals surface area contributed by atoms with Crippen molar-refractivity contribution in [1.82, 2.24) is 10.2 Å². The van der Waals surface area contributed by atoms with Gasteiger partial charge in [-0.2, -0.15) is 0 Å². The van der Waals surface area contributed by atoms with Crippen LogP contribution in [0.3, 0.4) is 0 Å². The van der Waals surface area contributed by atoms with E-state index in [1.165, 1.54) is 5.56 Å². The Morgan fingerprint density at radius 2 is 2.00 bits per heavy atom. The van der Waals surface area contributed by atoms with Crippen LogP contribution in [0.25, 0.3) is 0 Å². The smallest absolute Gasteiger partial charge is 0.237 e. The lowest BCUT2D eigenvalue weighted by atomic mass is 9.89. The lowest BCUT2D eigenvalue weighted by Gasteiger charge is -2.35. The molecule has 1 atom stereocenters. The average molecular weight is 304 g/mol. The molecule has 1 fully saturated rings. The summed E-state index contributed by atoms with van der Waals surface area (Å²) >= 11 is 0. The second-order valence-corrected chi connectivity index (χ2v) is 6.21. The van der Waals surface area contributed by atoms with E-state index in [4.69, 9.17) is 5.11 Å². The van der Waals surface area contributed by atoms with Crippen molar-refractivity contribution in [3.05, 3.63) is 35.9 Å². The van der Waals surface area contributed by atoms with Gasteiger partial charge in [0, 0.05) is 13.2 Å². The molecule has 0 saturated carbocycles. The fourth-order valence-electron chi connectivity index (χ4n) is 3.10. The van der Waals surface area contributed by atoms with Gasteiger partial charge in [-0.05, 0) is 57.2 Å². The molecule has 0 spiro atoms. The SMILES string of the molecule is CC(C(=O)NCCCO)N1CCC(Cc2ccccc2)CC1. The number of carbonyl (C=O) groups excluding carboxylic acids is 1. The zero-order valence-corrected chi connectivity index (χ0v) is 13.5. The van der Waals surface area contributed by atoms with Crippen molar-refractivity contribution in [1.29, 1.82) is 0 Å². The molecule has 0 aromatic heterocycles. The predicted molar refractivity (Wildman–Crippen MR) is 88.6 cm³/mol. The Hall–Kier alpha value is -1.39. The summed E-state index contributed by atoms with van der Waals surface area (Å²) in [5.74, 6) is 0.804. The third-order valence-corrected chi connectivity index (χ3v) is 4.58. The molecule has 1 heterocycles. The fourth-order valence-corrected chi connectivity index (χ4v) is 3.10. The van der Waals surface area contributed by atoms with Crippen LogP contribution in [0.4, 0.5) is 0 Å². The summed E-state index contributed by atoms with van der Waals surface area (Å²) in [5.41, 5.74) is 1.41. The molecule has 4 heteroatoms. The minimum absolute atomic E-state index is 0.0728. The van der Waals surface area contributed by atoms with Gasteiger partial charge in [-0.1, -0.05) is 30.3 Å². The summed E-state index contributed by atoms with van der Waals surface area (Å²) in [4.78, 5) is 14.3. The van der Waals surface area contributed by atoms with Crippen molar-refractivity contribution in [3.63, 3.8) is 0 Å². The third kappa shape index (κ3) is 5.11. The summed E-state index contributed by atoms with van der Waals surface area (Å²) in [6.07, 6.45) is 4.08. The fraction of sp³-hybridized carbons (Fsp3) is 0.611. The maximum absolute atomic E-state index is 12.1. The number of piperidine rings is 1. The second-order valence-electron chi connectivity index (χ2n) is 6.21. The molecule has 122 valence electrons. The molecule has 1 aromatic rings. The normalized spacial score (nSPS) is 18.1. The van der Waals surface area contributed by atoms with Gasteiger partial charge in [0.25, 0.3) is 0 Å². The van der Waals surface area contributed by atoms with E-state index < -0.39 is 0 Å². The number of carbonyl (C=O) groups is 1. The molecule has 2 rings (SSSR count). The Bertz CT molecular complexity index is 442. The van der Waals surface area contributed by atoms with Crippen molar-refractivity contribution in [2.45, 2.75) is 38.6 Å². The van der Waals surface area contributed by atoms with Gasteiger partial charge >= 0.3 is 0 Å². The summed E-state index contributed by atoms with van der Waals surface area (Å²) in [5, 5.41) is 11.6. The summed E-state index contributed by atoms with van der Waals surface area (Å²) in [6, 6.07) is 10.6. The lowest BCUT2D eigenvalue weighted by Crippen LogP contribution is -2.48. The van der Waals surface area contributed by atoms with Crippen LogP contribution < -0.4 is 5.32 Å². The highest BCUT2D eigenvalue weighted by molar-refractivity contribution is 5.81. The summed E-state index contributed by atoms with van der Waals surface area (Å²) in [7, 11) is 0. The largest absolute Gasteiger partial charge is 0.396 e. The van der Waals surface area contributed by atoms with Crippen LogP contribution in [0.15, 0.2) is 30.3 Å². The molecule has 0 radical (unpaired) electrons. The zero-order chi connectivity index (χ0) is 15.8. The standard InChI is InChI=1S/C18H28N2O2/c1-15(18(22)19-10-5-13-21)20-11-8-17(9-12-20)14-16-6-3-2-4-7-16/h2-4,6-7,15,17,21H,5,8-14H2,1H3,(H,19,22). The summed E-state index contributed by atoms with van der Waals surface area (Å²) < 4.78 is 0. The number of nitrogens with one attached hydrogen (secondary N) is 1. The van der Waals surface area contributed by atoms with E-state index in [0.717, 1.165) is 38.3 Å². The topological polar surface area (TPSA) is 52.6 Å². The quantitative estimate of drug-likeness (QED) is 0.756. The van der Waals surface area contributed by atoms with Crippen LogP contribution in [0.2, 0.25) is 0 Å². The number of amides is 1. The molecule has 1 aromatic carbocycles. The van der Waals surface area contributed by atoms with Crippen LogP contribution in [-0.2, 0) is 11.2 Å². The van der Waals surface area contributed by atoms with Gasteiger partial charge in [-0.25, -0.2) is 0 Å². The van der Waals surface area contributed by atoms with Crippen molar-refractivity contribution < 1.29 is 9.90 Å². The minimum Gasteiger partial charge on any atom is -0.396 e. The maximum Gasteiger partial charge on any atom is 0.237 e. The molecular formula is C18H28N2O2. The highest BCUT2D eigenvalue weighted by Crippen LogP contribution is 2.22. The van der Waals surface area contributed by atoms with E-state index in [9.17, 15) is 4.79 Å². The predicted octanol–water partition coefficient (Wildman–Crippen LogP) is 1.83. The Morgan fingerprint density at radius 3 is 2.64 bits per heavy atom. The number of benzene rings is 1. The molecule has 0 bridgehead atoms. The third-order valence-electron chi connectivity index (χ3n) is 4.58. The van der Waals surface area contributed by atoms with Crippen LogP contribution >= 0.6 is 0 Å². The summed E-state index contributed by atoms with van der Waals surface area (Å²) in [6.45, 7) is 4.65. The Morgan fingerprint density at radius 1 is 1.32 bits per heavy atom. The van der Waals surface area contributed by atoms with E-state index >= 15 is 0 Å². The van der Waals surface area contributed by atoms with E-state index in [1.54, 1.807) is 0 Å². The van der Waals surface area contributed by atoms with Gasteiger partial charge in [-0.15, -0.1) is 0 Å². The molecule has 1 saturated heterocycles. The zero-order valence-electron chi connectivity index (χ0n) is 13.5. The number of aliphatic hydroxyl groups is 1. The Kier molecular flexibility index (Phi) is 6.87. The first-order valence-corrected chi connectivity index (χ1v) is 8.37. The van der Waals surface area contributed by atoms with E-state index in [0.29, 0.717) is 13.0 Å². The Balaban J connectivity index is 1.73. The first kappa shape index (κ1) is 17.0. The first-order chi connectivity index (χ1) is 10.7. The van der Waals surface area contributed by atoms with Gasteiger partial charge in [-0.3, -0.25) is 9.69 Å². The van der Waals surface area contributed by atoms with E-state index in [-0.39, 0.29) is 18.6 Å². The molecule has 1 aliphatic heterocycles. The van der Waals surface area contributed by atoms with Crippen molar-refractivity contribution in [3.8, 4) is 0 Å². The highest BCUT2D eigenvalue weighted by atomic mass is 16.3. The molecule has 1 amide bonds. The van der Waals surface area contributed by atoms with E-state index in [2.05, 4.69) is 40.5 Å². The van der Waals surface area contributed by atoms with Gasteiger partial charge in [0.15, 0.2) is 0 Å². The average Bonchev–Trinajstić information content (AvgIpc) is 2.56. The molecule has 2 N–H and O–H groups in total. The molecule has 0 aliphatic carbocycles. The lowest BCUT2D eigenvalue weighted by molar-refractivity contribution is -0.126. The molecule has 1 unspecified atom stereocenters. The van der Waals surface area contributed by atoms with E-state index in [1.807, 2.05) is 6.92 Å². The van der Waals surface area contributed by atoms with Gasteiger partial charge in [0.05, 0.1) is 6.04 Å². The Labute approximate surface area is 133 Å². The number of aliphatic hydroxyl groups excluding tert-OH is 1. The van der Waals surface area contributed by atoms with Crippen molar-refractivity contribution in [2.24, 2.45) is 5.92 Å². The molecule has 1 aliphatic rings. The number of hydrogen-bond acceptors (Lipinski definition) is 3. The minimum atomic E-state index is -0.0728. The van der Waals surface area contributed by atoms with Gasteiger partial charge in [0.2, 0.25) is 5.91 Å². The van der Waals surface area contributed by atoms with Crippen LogP contribution in [0, 0.1) is 5.92 Å². The maximum atomic E-state index is 12.1. The number of likely N-dealkylation sites (tertiary alicyclic amines) is 1. The van der Waals surface area contributed by atoms with Crippen molar-refractivity contribution in [2.75, 3.05) is 26.2 Å².